The van der Waals surface area contributed by atoms with Crippen molar-refractivity contribution < 1.29 is 0 Å². The highest BCUT2D eigenvalue weighted by atomic mass is 15.1. The summed E-state index contributed by atoms with van der Waals surface area (Å²) in [5.74, 6) is 0. The Morgan fingerprint density at radius 1 is 1.15 bits per heavy atom. The fourth-order valence-electron chi connectivity index (χ4n) is 1.96. The van der Waals surface area contributed by atoms with Crippen LogP contribution in [-0.2, 0) is 6.42 Å². The summed E-state index contributed by atoms with van der Waals surface area (Å²) < 4.78 is 0. The molecule has 0 bridgehead atoms. The average Bonchev–Trinajstić information content (AvgIpc) is 2.01. The van der Waals surface area contributed by atoms with Gasteiger partial charge in [-0.3, -0.25) is 0 Å². The van der Waals surface area contributed by atoms with Gasteiger partial charge >= 0.3 is 0 Å². The van der Waals surface area contributed by atoms with Gasteiger partial charge in [-0.2, -0.15) is 0 Å². The first kappa shape index (κ1) is 10.1. The molecule has 13 heavy (non-hydrogen) atoms. The molecule has 0 amide bonds. The van der Waals surface area contributed by atoms with Gasteiger partial charge in [0.15, 0.2) is 0 Å². The summed E-state index contributed by atoms with van der Waals surface area (Å²) in [6, 6.07) is 4.52. The first-order valence-electron chi connectivity index (χ1n) is 4.83. The zero-order chi connectivity index (χ0) is 10.0. The summed E-state index contributed by atoms with van der Waals surface area (Å²) in [4.78, 5) is 2.20. The van der Waals surface area contributed by atoms with Gasteiger partial charge in [-0.15, -0.1) is 0 Å². The molecule has 0 saturated carbocycles. The molecule has 1 rings (SSSR count). The maximum Gasteiger partial charge on any atom is 0.0423 e. The van der Waals surface area contributed by atoms with Crippen molar-refractivity contribution in [1.82, 2.24) is 0 Å². The van der Waals surface area contributed by atoms with Crippen LogP contribution in [0.15, 0.2) is 12.1 Å². The highest BCUT2D eigenvalue weighted by molar-refractivity contribution is 5.59. The van der Waals surface area contributed by atoms with E-state index >= 15 is 0 Å². The van der Waals surface area contributed by atoms with Crippen molar-refractivity contribution in [3.8, 4) is 0 Å². The molecule has 0 unspecified atom stereocenters. The van der Waals surface area contributed by atoms with Crippen molar-refractivity contribution in [3.63, 3.8) is 0 Å². The second-order valence-corrected chi connectivity index (χ2v) is 3.84. The van der Waals surface area contributed by atoms with Crippen LogP contribution in [0, 0.1) is 13.8 Å². The molecule has 0 atom stereocenters. The van der Waals surface area contributed by atoms with Crippen LogP contribution in [-0.4, -0.2) is 14.1 Å². The Kier molecular flexibility index (Phi) is 2.97. The number of hydrogen-bond acceptors (Lipinski definition) is 1. The van der Waals surface area contributed by atoms with E-state index in [1.807, 2.05) is 0 Å². The van der Waals surface area contributed by atoms with E-state index in [4.69, 9.17) is 0 Å². The molecular formula is C12H19N. The average molecular weight is 177 g/mol. The van der Waals surface area contributed by atoms with E-state index < -0.39 is 0 Å². The smallest absolute Gasteiger partial charge is 0.0423 e. The molecule has 0 saturated heterocycles. The van der Waals surface area contributed by atoms with Crippen LogP contribution in [0.2, 0.25) is 0 Å². The Morgan fingerprint density at radius 2 is 1.77 bits per heavy atom. The first-order chi connectivity index (χ1) is 6.06. The van der Waals surface area contributed by atoms with Gasteiger partial charge in [0, 0.05) is 19.8 Å². The van der Waals surface area contributed by atoms with E-state index in [1.165, 1.54) is 22.4 Å². The lowest BCUT2D eigenvalue weighted by atomic mass is 10.0. The fraction of sp³-hybridized carbons (Fsp3) is 0.500. The molecule has 0 heterocycles. The maximum absolute atomic E-state index is 2.28. The summed E-state index contributed by atoms with van der Waals surface area (Å²) >= 11 is 0. The summed E-state index contributed by atoms with van der Waals surface area (Å²) in [6.45, 7) is 6.55. The quantitative estimate of drug-likeness (QED) is 0.671. The van der Waals surface area contributed by atoms with Gasteiger partial charge in [-0.05, 0) is 31.4 Å². The Hall–Kier alpha value is -0.980. The molecular weight excluding hydrogens is 158 g/mol. The molecule has 0 N–H and O–H groups in total. The van der Waals surface area contributed by atoms with Crippen molar-refractivity contribution in [3.05, 3.63) is 28.8 Å². The van der Waals surface area contributed by atoms with Crippen LogP contribution in [0.1, 0.15) is 23.6 Å². The SMILES string of the molecule is CCc1cc(C)cc(C)c1N(C)C. The van der Waals surface area contributed by atoms with Crippen molar-refractivity contribution in [1.29, 1.82) is 0 Å². The number of benzene rings is 1. The van der Waals surface area contributed by atoms with E-state index in [1.54, 1.807) is 0 Å². The lowest BCUT2D eigenvalue weighted by Crippen LogP contribution is -2.13. The zero-order valence-corrected chi connectivity index (χ0v) is 9.31. The van der Waals surface area contributed by atoms with E-state index in [0.29, 0.717) is 0 Å². The number of nitrogens with zero attached hydrogens (tertiary/aromatic N) is 1. The van der Waals surface area contributed by atoms with Gasteiger partial charge in [-0.25, -0.2) is 0 Å². The molecule has 1 aromatic rings. The summed E-state index contributed by atoms with van der Waals surface area (Å²) in [5, 5.41) is 0. The third kappa shape index (κ3) is 2.03. The third-order valence-electron chi connectivity index (χ3n) is 2.35. The van der Waals surface area contributed by atoms with E-state index in [9.17, 15) is 0 Å². The maximum atomic E-state index is 2.28. The molecule has 1 nitrogen and oxygen atoms in total. The predicted molar refractivity (Wildman–Crippen MR) is 59.6 cm³/mol. The van der Waals surface area contributed by atoms with Crippen molar-refractivity contribution in [2.24, 2.45) is 0 Å². The predicted octanol–water partition coefficient (Wildman–Crippen LogP) is 2.93. The van der Waals surface area contributed by atoms with E-state index in [0.717, 1.165) is 6.42 Å². The molecule has 0 aromatic heterocycles. The minimum absolute atomic E-state index is 1.11. The standard InChI is InChI=1S/C12H19N/c1-6-11-8-9(2)7-10(3)12(11)13(4)5/h7-8H,6H2,1-5H3. The lowest BCUT2D eigenvalue weighted by Gasteiger charge is -2.20. The number of aryl methyl sites for hydroxylation is 3. The fourth-order valence-corrected chi connectivity index (χ4v) is 1.96. The van der Waals surface area contributed by atoms with Crippen molar-refractivity contribution in [2.45, 2.75) is 27.2 Å². The first-order valence-corrected chi connectivity index (χ1v) is 4.83. The molecule has 0 fully saturated rings. The van der Waals surface area contributed by atoms with Crippen LogP contribution in [0.5, 0.6) is 0 Å². The zero-order valence-electron chi connectivity index (χ0n) is 9.31. The molecule has 72 valence electrons. The van der Waals surface area contributed by atoms with E-state index in [-0.39, 0.29) is 0 Å². The van der Waals surface area contributed by atoms with Gasteiger partial charge in [0.2, 0.25) is 0 Å². The summed E-state index contributed by atoms with van der Waals surface area (Å²) in [7, 11) is 4.22. The molecule has 1 heteroatoms. The highest BCUT2D eigenvalue weighted by Crippen LogP contribution is 2.25. The molecule has 0 spiro atoms. The third-order valence-corrected chi connectivity index (χ3v) is 2.35. The van der Waals surface area contributed by atoms with Crippen molar-refractivity contribution >= 4 is 5.69 Å². The Bertz CT molecular complexity index is 300. The topological polar surface area (TPSA) is 3.24 Å². The molecule has 0 radical (unpaired) electrons. The Balaban J connectivity index is 3.30. The summed E-state index contributed by atoms with van der Waals surface area (Å²) in [6.07, 6.45) is 1.11. The molecule has 0 aliphatic rings. The van der Waals surface area contributed by atoms with Crippen LogP contribution in [0.3, 0.4) is 0 Å². The van der Waals surface area contributed by atoms with Gasteiger partial charge in [0.05, 0.1) is 0 Å². The molecule has 1 aromatic carbocycles. The monoisotopic (exact) mass is 177 g/mol. The molecule has 0 aliphatic carbocycles. The van der Waals surface area contributed by atoms with Crippen LogP contribution < -0.4 is 4.90 Å². The largest absolute Gasteiger partial charge is 0.377 e. The second-order valence-electron chi connectivity index (χ2n) is 3.84. The normalized spacial score (nSPS) is 10.2. The molecule has 0 aliphatic heterocycles. The van der Waals surface area contributed by atoms with Crippen LogP contribution in [0.25, 0.3) is 0 Å². The Labute approximate surface area is 81.4 Å². The lowest BCUT2D eigenvalue weighted by molar-refractivity contribution is 1.04. The minimum atomic E-state index is 1.11. The number of hydrogen-bond donors (Lipinski definition) is 0. The van der Waals surface area contributed by atoms with Gasteiger partial charge in [0.25, 0.3) is 0 Å². The number of anilines is 1. The van der Waals surface area contributed by atoms with Gasteiger partial charge in [-0.1, -0.05) is 24.6 Å². The van der Waals surface area contributed by atoms with Crippen molar-refractivity contribution in [2.75, 3.05) is 19.0 Å². The minimum Gasteiger partial charge on any atom is -0.377 e. The summed E-state index contributed by atoms with van der Waals surface area (Å²) in [5.41, 5.74) is 5.57. The number of rotatable bonds is 2. The van der Waals surface area contributed by atoms with Gasteiger partial charge < -0.3 is 4.90 Å². The second kappa shape index (κ2) is 3.82. The highest BCUT2D eigenvalue weighted by Gasteiger charge is 2.06. The van der Waals surface area contributed by atoms with Crippen LogP contribution in [0.4, 0.5) is 5.69 Å². The Morgan fingerprint density at radius 3 is 2.23 bits per heavy atom. The van der Waals surface area contributed by atoms with E-state index in [2.05, 4.69) is 51.9 Å². The van der Waals surface area contributed by atoms with Gasteiger partial charge in [0.1, 0.15) is 0 Å². The van der Waals surface area contributed by atoms with Crippen LogP contribution >= 0.6 is 0 Å².